The third-order valence-electron chi connectivity index (χ3n) is 4.88. The summed E-state index contributed by atoms with van der Waals surface area (Å²) in [5.74, 6) is 0.405. The Hall–Kier alpha value is -2.86. The number of carbonyl (C=O) groups is 2. The second kappa shape index (κ2) is 10.6. The van der Waals surface area contributed by atoms with Gasteiger partial charge in [-0.15, -0.1) is 0 Å². The molecule has 0 bridgehead atoms. The number of benzene rings is 2. The highest BCUT2D eigenvalue weighted by molar-refractivity contribution is 5.85. The molecule has 6 heteroatoms. The van der Waals surface area contributed by atoms with Crippen LogP contribution in [-0.4, -0.2) is 36.3 Å². The van der Waals surface area contributed by atoms with E-state index in [1.807, 2.05) is 32.9 Å². The fraction of sp³-hybridized carbons (Fsp3) is 0.391. The number of likely N-dealkylation sites (N-methyl/N-ethyl adjacent to an activating group) is 1. The average molecular weight is 398 g/mol. The van der Waals surface area contributed by atoms with Crippen LogP contribution in [0, 0.1) is 20.8 Å². The molecule has 2 aromatic rings. The number of nitrogens with two attached hydrogens (primary N) is 1. The molecule has 0 aliphatic rings. The van der Waals surface area contributed by atoms with Crippen LogP contribution in [0.1, 0.15) is 34.7 Å². The Morgan fingerprint density at radius 2 is 1.72 bits per heavy atom. The second-order valence-corrected chi connectivity index (χ2v) is 7.16. The smallest absolute Gasteiger partial charge is 0.242 e. The van der Waals surface area contributed by atoms with Gasteiger partial charge in [-0.3, -0.25) is 9.59 Å². The van der Waals surface area contributed by atoms with Crippen molar-refractivity contribution in [3.8, 4) is 5.75 Å². The molecule has 0 saturated heterocycles. The maximum atomic E-state index is 12.4. The highest BCUT2D eigenvalue weighted by atomic mass is 16.5. The van der Waals surface area contributed by atoms with E-state index < -0.39 is 0 Å². The Balaban J connectivity index is 2.06. The van der Waals surface area contributed by atoms with Crippen LogP contribution < -0.4 is 15.8 Å². The molecular weight excluding hydrogens is 366 g/mol. The summed E-state index contributed by atoms with van der Waals surface area (Å²) in [5.41, 5.74) is 10.7. The molecule has 0 saturated carbocycles. The number of amides is 2. The Labute approximate surface area is 173 Å². The summed E-state index contributed by atoms with van der Waals surface area (Å²) in [6, 6.07) is 12.3. The van der Waals surface area contributed by atoms with Gasteiger partial charge < -0.3 is 20.7 Å². The Bertz CT molecular complexity index is 841. The van der Waals surface area contributed by atoms with E-state index in [2.05, 4.69) is 36.5 Å². The number of aryl methyl sites for hydroxylation is 3. The van der Waals surface area contributed by atoms with Crippen molar-refractivity contribution in [1.29, 1.82) is 0 Å². The van der Waals surface area contributed by atoms with Crippen molar-refractivity contribution in [3.63, 3.8) is 0 Å². The maximum Gasteiger partial charge on any atom is 0.242 e. The molecule has 29 heavy (non-hydrogen) atoms. The molecule has 0 atom stereocenters. The van der Waals surface area contributed by atoms with Crippen molar-refractivity contribution in [2.45, 2.75) is 40.8 Å². The fourth-order valence-electron chi connectivity index (χ4n) is 3.24. The molecule has 3 N–H and O–H groups in total. The van der Waals surface area contributed by atoms with Gasteiger partial charge in [0.05, 0.1) is 13.1 Å². The lowest BCUT2D eigenvalue weighted by molar-refractivity contribution is -0.132. The van der Waals surface area contributed by atoms with E-state index in [0.717, 1.165) is 28.0 Å². The van der Waals surface area contributed by atoms with Crippen LogP contribution in [-0.2, 0) is 22.7 Å². The predicted octanol–water partition coefficient (Wildman–Crippen LogP) is 2.61. The van der Waals surface area contributed by atoms with Crippen molar-refractivity contribution < 1.29 is 14.3 Å². The SMILES string of the molecule is CCN(Cc1cc(C)c(OCc2ccccc2C)c(C)c1)C(=O)CNC(=O)CN. The molecule has 0 fully saturated rings. The van der Waals surface area contributed by atoms with Crippen LogP contribution in [0.3, 0.4) is 0 Å². The third-order valence-corrected chi connectivity index (χ3v) is 4.88. The molecular formula is C23H31N3O3. The van der Waals surface area contributed by atoms with E-state index in [1.54, 1.807) is 4.90 Å². The Morgan fingerprint density at radius 1 is 1.07 bits per heavy atom. The van der Waals surface area contributed by atoms with Gasteiger partial charge >= 0.3 is 0 Å². The summed E-state index contributed by atoms with van der Waals surface area (Å²) in [4.78, 5) is 25.4. The first-order valence-electron chi connectivity index (χ1n) is 9.87. The van der Waals surface area contributed by atoms with Crippen molar-refractivity contribution in [3.05, 3.63) is 64.2 Å². The van der Waals surface area contributed by atoms with Crippen molar-refractivity contribution in [2.24, 2.45) is 5.73 Å². The average Bonchev–Trinajstić information content (AvgIpc) is 2.70. The molecule has 0 radical (unpaired) electrons. The van der Waals surface area contributed by atoms with Crippen LogP contribution in [0.2, 0.25) is 0 Å². The molecule has 6 nitrogen and oxygen atoms in total. The molecule has 156 valence electrons. The third kappa shape index (κ3) is 6.32. The monoisotopic (exact) mass is 397 g/mol. The topological polar surface area (TPSA) is 84.7 Å². The van der Waals surface area contributed by atoms with Gasteiger partial charge in [0, 0.05) is 13.1 Å². The minimum Gasteiger partial charge on any atom is -0.488 e. The normalized spacial score (nSPS) is 10.5. The van der Waals surface area contributed by atoms with E-state index in [4.69, 9.17) is 10.5 Å². The first kappa shape index (κ1) is 22.4. The number of hydrogen-bond acceptors (Lipinski definition) is 4. The zero-order valence-electron chi connectivity index (χ0n) is 17.7. The minimum absolute atomic E-state index is 0.0422. The lowest BCUT2D eigenvalue weighted by Crippen LogP contribution is -2.41. The number of rotatable bonds is 9. The van der Waals surface area contributed by atoms with Gasteiger partial charge in [-0.2, -0.15) is 0 Å². The van der Waals surface area contributed by atoms with E-state index in [1.165, 1.54) is 5.56 Å². The summed E-state index contributed by atoms with van der Waals surface area (Å²) in [6.07, 6.45) is 0. The van der Waals surface area contributed by atoms with E-state index in [-0.39, 0.29) is 24.9 Å². The van der Waals surface area contributed by atoms with Crippen molar-refractivity contribution in [2.75, 3.05) is 19.6 Å². The lowest BCUT2D eigenvalue weighted by atomic mass is 10.0. The lowest BCUT2D eigenvalue weighted by Gasteiger charge is -2.22. The van der Waals surface area contributed by atoms with E-state index >= 15 is 0 Å². The zero-order chi connectivity index (χ0) is 21.4. The van der Waals surface area contributed by atoms with Crippen LogP contribution in [0.4, 0.5) is 0 Å². The number of carbonyl (C=O) groups excluding carboxylic acids is 2. The number of nitrogens with one attached hydrogen (secondary N) is 1. The van der Waals surface area contributed by atoms with Gasteiger partial charge in [0.1, 0.15) is 12.4 Å². The maximum absolute atomic E-state index is 12.4. The quantitative estimate of drug-likeness (QED) is 0.681. The first-order chi connectivity index (χ1) is 13.8. The Kier molecular flexibility index (Phi) is 8.21. The molecule has 0 aromatic heterocycles. The predicted molar refractivity (Wildman–Crippen MR) is 115 cm³/mol. The van der Waals surface area contributed by atoms with Gasteiger partial charge in [-0.25, -0.2) is 0 Å². The molecule has 0 aliphatic carbocycles. The highest BCUT2D eigenvalue weighted by Gasteiger charge is 2.15. The summed E-state index contributed by atoms with van der Waals surface area (Å²) in [7, 11) is 0. The van der Waals surface area contributed by atoms with Crippen molar-refractivity contribution >= 4 is 11.8 Å². The van der Waals surface area contributed by atoms with Crippen LogP contribution >= 0.6 is 0 Å². The fourth-order valence-corrected chi connectivity index (χ4v) is 3.24. The molecule has 0 spiro atoms. The van der Waals surface area contributed by atoms with Crippen molar-refractivity contribution in [1.82, 2.24) is 10.2 Å². The van der Waals surface area contributed by atoms with Crippen LogP contribution in [0.5, 0.6) is 5.75 Å². The molecule has 0 aliphatic heterocycles. The van der Waals surface area contributed by atoms with Gasteiger partial charge in [-0.1, -0.05) is 36.4 Å². The largest absolute Gasteiger partial charge is 0.488 e. The summed E-state index contributed by atoms with van der Waals surface area (Å²) < 4.78 is 6.11. The zero-order valence-corrected chi connectivity index (χ0v) is 17.7. The summed E-state index contributed by atoms with van der Waals surface area (Å²) >= 11 is 0. The first-order valence-corrected chi connectivity index (χ1v) is 9.87. The highest BCUT2D eigenvalue weighted by Crippen LogP contribution is 2.27. The van der Waals surface area contributed by atoms with Gasteiger partial charge in [0.2, 0.25) is 11.8 Å². The van der Waals surface area contributed by atoms with Gasteiger partial charge in [0.15, 0.2) is 0 Å². The van der Waals surface area contributed by atoms with Gasteiger partial charge in [0.25, 0.3) is 0 Å². The van der Waals surface area contributed by atoms with Crippen LogP contribution in [0.25, 0.3) is 0 Å². The summed E-state index contributed by atoms with van der Waals surface area (Å²) in [6.45, 7) is 9.42. The summed E-state index contributed by atoms with van der Waals surface area (Å²) in [5, 5.41) is 2.53. The second-order valence-electron chi connectivity index (χ2n) is 7.16. The standard InChI is InChI=1S/C23H31N3O3/c1-5-26(22(28)13-25-21(27)12-24)14-19-10-17(3)23(18(4)11-19)29-15-20-9-7-6-8-16(20)2/h6-11H,5,12-15,24H2,1-4H3,(H,25,27). The van der Waals surface area contributed by atoms with E-state index in [9.17, 15) is 9.59 Å². The molecule has 0 unspecified atom stereocenters. The molecule has 2 rings (SSSR count). The minimum atomic E-state index is -0.337. The van der Waals surface area contributed by atoms with Gasteiger partial charge in [-0.05, 0) is 55.5 Å². The Morgan fingerprint density at radius 3 is 2.31 bits per heavy atom. The molecule has 2 aromatic carbocycles. The van der Waals surface area contributed by atoms with Crippen LogP contribution in [0.15, 0.2) is 36.4 Å². The number of ether oxygens (including phenoxy) is 1. The number of hydrogen-bond donors (Lipinski definition) is 2. The van der Waals surface area contributed by atoms with E-state index in [0.29, 0.717) is 19.7 Å². The molecule has 0 heterocycles. The molecule has 2 amide bonds. The number of nitrogens with zero attached hydrogens (tertiary/aromatic N) is 1.